The Bertz CT molecular complexity index is 599. The zero-order valence-electron chi connectivity index (χ0n) is 9.55. The molecule has 2 aromatic rings. The van der Waals surface area contributed by atoms with Crippen LogP contribution in [0.2, 0.25) is 0 Å². The van der Waals surface area contributed by atoms with Crippen LogP contribution in [0.15, 0.2) is 36.5 Å². The third kappa shape index (κ3) is 2.45. The van der Waals surface area contributed by atoms with Crippen LogP contribution in [0.4, 0.5) is 4.39 Å². The number of hydrogen-bond donors (Lipinski definition) is 1. The fourth-order valence-corrected chi connectivity index (χ4v) is 1.41. The first-order valence-electron chi connectivity index (χ1n) is 5.20. The zero-order valence-corrected chi connectivity index (χ0v) is 9.55. The summed E-state index contributed by atoms with van der Waals surface area (Å²) in [6.45, 7) is 1.73. The summed E-state index contributed by atoms with van der Waals surface area (Å²) < 4.78 is 19.0. The van der Waals surface area contributed by atoms with Crippen LogP contribution < -0.4 is 4.74 Å². The molecule has 1 heterocycles. The number of nitrogens with zero attached hydrogens (tertiary/aromatic N) is 1. The van der Waals surface area contributed by atoms with Gasteiger partial charge in [-0.05, 0) is 37.3 Å². The normalized spacial score (nSPS) is 10.1. The molecule has 0 radical (unpaired) electrons. The lowest BCUT2D eigenvalue weighted by atomic mass is 10.2. The summed E-state index contributed by atoms with van der Waals surface area (Å²) in [6, 6.07) is 6.82. The molecule has 0 atom stereocenters. The van der Waals surface area contributed by atoms with Gasteiger partial charge in [0.2, 0.25) is 0 Å². The van der Waals surface area contributed by atoms with Crippen LogP contribution in [0.25, 0.3) is 0 Å². The Morgan fingerprint density at radius 1 is 1.33 bits per heavy atom. The second kappa shape index (κ2) is 4.83. The summed E-state index contributed by atoms with van der Waals surface area (Å²) in [5.74, 6) is -1.51. The Morgan fingerprint density at radius 2 is 2.11 bits per heavy atom. The van der Waals surface area contributed by atoms with Crippen molar-refractivity contribution in [2.75, 3.05) is 0 Å². The minimum Gasteiger partial charge on any atom is -0.478 e. The number of rotatable bonds is 3. The van der Waals surface area contributed by atoms with Crippen molar-refractivity contribution in [1.29, 1.82) is 0 Å². The molecule has 0 bridgehead atoms. The van der Waals surface area contributed by atoms with Crippen LogP contribution in [0.3, 0.4) is 0 Å². The fraction of sp³-hybridized carbons (Fsp3) is 0.0769. The van der Waals surface area contributed by atoms with E-state index >= 15 is 0 Å². The van der Waals surface area contributed by atoms with Crippen LogP contribution in [-0.2, 0) is 0 Å². The Kier molecular flexibility index (Phi) is 3.23. The molecule has 0 amide bonds. The van der Waals surface area contributed by atoms with E-state index in [4.69, 9.17) is 9.84 Å². The van der Waals surface area contributed by atoms with Crippen molar-refractivity contribution in [3.05, 3.63) is 53.6 Å². The van der Waals surface area contributed by atoms with Gasteiger partial charge in [-0.1, -0.05) is 0 Å². The van der Waals surface area contributed by atoms with Crippen LogP contribution in [-0.4, -0.2) is 16.1 Å². The van der Waals surface area contributed by atoms with Crippen molar-refractivity contribution < 1.29 is 19.0 Å². The lowest BCUT2D eigenvalue weighted by molar-refractivity contribution is 0.0696. The van der Waals surface area contributed by atoms with Crippen molar-refractivity contribution >= 4 is 5.97 Å². The van der Waals surface area contributed by atoms with Gasteiger partial charge in [0.25, 0.3) is 0 Å². The van der Waals surface area contributed by atoms with Gasteiger partial charge >= 0.3 is 5.97 Å². The number of aromatic carboxylic acids is 1. The highest BCUT2D eigenvalue weighted by Gasteiger charge is 2.10. The van der Waals surface area contributed by atoms with E-state index in [1.807, 2.05) is 0 Å². The van der Waals surface area contributed by atoms with E-state index in [0.29, 0.717) is 11.4 Å². The molecular formula is C13H10FNO3. The lowest BCUT2D eigenvalue weighted by Gasteiger charge is -2.08. The molecule has 92 valence electrons. The molecule has 5 heteroatoms. The van der Waals surface area contributed by atoms with Crippen LogP contribution in [0.5, 0.6) is 11.5 Å². The maximum atomic E-state index is 13.6. The number of carbonyl (C=O) groups is 1. The van der Waals surface area contributed by atoms with Gasteiger partial charge < -0.3 is 9.84 Å². The van der Waals surface area contributed by atoms with Gasteiger partial charge in [0.1, 0.15) is 5.75 Å². The summed E-state index contributed by atoms with van der Waals surface area (Å²) in [7, 11) is 0. The van der Waals surface area contributed by atoms with Crippen LogP contribution in [0.1, 0.15) is 16.1 Å². The Labute approximate surface area is 103 Å². The van der Waals surface area contributed by atoms with Gasteiger partial charge in [-0.25, -0.2) is 9.18 Å². The Balaban J connectivity index is 2.30. The number of benzene rings is 1. The number of carboxylic acid groups (broad SMARTS) is 1. The summed E-state index contributed by atoms with van der Waals surface area (Å²) in [5.41, 5.74) is 0.502. The molecule has 0 aliphatic carbocycles. The average Bonchev–Trinajstić information content (AvgIpc) is 2.34. The van der Waals surface area contributed by atoms with Gasteiger partial charge in [0.05, 0.1) is 11.3 Å². The van der Waals surface area contributed by atoms with Crippen LogP contribution in [0, 0.1) is 12.7 Å². The molecular weight excluding hydrogens is 237 g/mol. The third-order valence-corrected chi connectivity index (χ3v) is 2.36. The SMILES string of the molecule is Cc1ncccc1Oc1ccc(C(=O)O)cc1F. The number of aryl methyl sites for hydroxylation is 1. The van der Waals surface area contributed by atoms with Gasteiger partial charge in [-0.15, -0.1) is 0 Å². The quantitative estimate of drug-likeness (QED) is 0.905. The maximum absolute atomic E-state index is 13.6. The molecule has 0 spiro atoms. The first-order valence-corrected chi connectivity index (χ1v) is 5.20. The van der Waals surface area contributed by atoms with E-state index in [2.05, 4.69) is 4.98 Å². The Morgan fingerprint density at radius 3 is 2.72 bits per heavy atom. The van der Waals surface area contributed by atoms with Crippen molar-refractivity contribution in [1.82, 2.24) is 4.98 Å². The summed E-state index contributed by atoms with van der Waals surface area (Å²) in [5, 5.41) is 8.72. The van der Waals surface area contributed by atoms with E-state index in [9.17, 15) is 9.18 Å². The largest absolute Gasteiger partial charge is 0.478 e. The van der Waals surface area contributed by atoms with Gasteiger partial charge in [0.15, 0.2) is 11.6 Å². The number of hydrogen-bond acceptors (Lipinski definition) is 3. The molecule has 0 aliphatic heterocycles. The highest BCUT2D eigenvalue weighted by Crippen LogP contribution is 2.26. The number of halogens is 1. The molecule has 2 rings (SSSR count). The smallest absolute Gasteiger partial charge is 0.335 e. The molecule has 0 saturated carbocycles. The monoisotopic (exact) mass is 247 g/mol. The molecule has 0 saturated heterocycles. The van der Waals surface area contributed by atoms with E-state index in [-0.39, 0.29) is 11.3 Å². The van der Waals surface area contributed by atoms with Crippen LogP contribution >= 0.6 is 0 Å². The zero-order chi connectivity index (χ0) is 13.1. The molecule has 18 heavy (non-hydrogen) atoms. The number of carboxylic acids is 1. The minimum absolute atomic E-state index is 0.0314. The van der Waals surface area contributed by atoms with Crippen molar-refractivity contribution in [3.8, 4) is 11.5 Å². The summed E-state index contributed by atoms with van der Waals surface area (Å²) in [4.78, 5) is 14.7. The van der Waals surface area contributed by atoms with E-state index in [1.165, 1.54) is 12.1 Å². The lowest BCUT2D eigenvalue weighted by Crippen LogP contribution is -1.98. The van der Waals surface area contributed by atoms with Gasteiger partial charge in [0, 0.05) is 6.20 Å². The molecule has 1 aromatic heterocycles. The predicted molar refractivity (Wildman–Crippen MR) is 62.4 cm³/mol. The third-order valence-electron chi connectivity index (χ3n) is 2.36. The number of pyridine rings is 1. The highest BCUT2D eigenvalue weighted by atomic mass is 19.1. The topological polar surface area (TPSA) is 59.4 Å². The molecule has 4 nitrogen and oxygen atoms in total. The second-order valence-corrected chi connectivity index (χ2v) is 3.64. The second-order valence-electron chi connectivity index (χ2n) is 3.64. The van der Waals surface area contributed by atoms with Gasteiger partial charge in [-0.3, -0.25) is 4.98 Å². The summed E-state index contributed by atoms with van der Waals surface area (Å²) >= 11 is 0. The number of ether oxygens (including phenoxy) is 1. The minimum atomic E-state index is -1.18. The molecule has 1 aromatic carbocycles. The van der Waals surface area contributed by atoms with Crippen molar-refractivity contribution in [2.45, 2.75) is 6.92 Å². The fourth-order valence-electron chi connectivity index (χ4n) is 1.41. The molecule has 0 aliphatic rings. The average molecular weight is 247 g/mol. The van der Waals surface area contributed by atoms with E-state index in [0.717, 1.165) is 6.07 Å². The number of aromatic nitrogens is 1. The first kappa shape index (κ1) is 12.0. The summed E-state index contributed by atoms with van der Waals surface area (Å²) in [6.07, 6.45) is 1.60. The first-order chi connectivity index (χ1) is 8.58. The molecule has 0 unspecified atom stereocenters. The van der Waals surface area contributed by atoms with E-state index < -0.39 is 11.8 Å². The standard InChI is InChI=1S/C13H10FNO3/c1-8-11(3-2-6-15-8)18-12-5-4-9(13(16)17)7-10(12)14/h2-7H,1H3,(H,16,17). The molecule has 1 N–H and O–H groups in total. The van der Waals surface area contributed by atoms with Crippen molar-refractivity contribution in [2.24, 2.45) is 0 Å². The highest BCUT2D eigenvalue weighted by molar-refractivity contribution is 5.87. The molecule has 0 fully saturated rings. The predicted octanol–water partition coefficient (Wildman–Crippen LogP) is 3.02. The van der Waals surface area contributed by atoms with Gasteiger partial charge in [-0.2, -0.15) is 0 Å². The maximum Gasteiger partial charge on any atom is 0.335 e. The Hall–Kier alpha value is -2.43. The van der Waals surface area contributed by atoms with E-state index in [1.54, 1.807) is 25.3 Å². The van der Waals surface area contributed by atoms with Crippen molar-refractivity contribution in [3.63, 3.8) is 0 Å².